The normalized spacial score (nSPS) is 10.2. The van der Waals surface area contributed by atoms with Crippen LogP contribution in [0.3, 0.4) is 0 Å². The van der Waals surface area contributed by atoms with Crippen molar-refractivity contribution in [2.24, 2.45) is 5.73 Å². The van der Waals surface area contributed by atoms with Gasteiger partial charge in [-0.05, 0) is 18.2 Å². The Balaban J connectivity index is 2.53. The minimum Gasteiger partial charge on any atom is -0.384 e. The molecule has 2 rings (SSSR count). The molecular formula is C11H9BrN4O. The quantitative estimate of drug-likeness (QED) is 0.578. The summed E-state index contributed by atoms with van der Waals surface area (Å²) < 4.78 is 0.956. The smallest absolute Gasteiger partial charge is 0.275 e. The van der Waals surface area contributed by atoms with Gasteiger partial charge in [0.1, 0.15) is 5.84 Å². The van der Waals surface area contributed by atoms with E-state index in [1.165, 1.54) is 6.07 Å². The molecule has 0 radical (unpaired) electrons. The van der Waals surface area contributed by atoms with E-state index < -0.39 is 5.56 Å². The number of aromatic nitrogens is 2. The molecule has 0 spiro atoms. The number of amidine groups is 1. The minimum atomic E-state index is -0.460. The Bertz CT molecular complexity index is 618. The molecule has 0 bridgehead atoms. The van der Waals surface area contributed by atoms with Crippen molar-refractivity contribution in [1.82, 2.24) is 10.2 Å². The first-order valence-electron chi connectivity index (χ1n) is 4.78. The number of halogens is 1. The average molecular weight is 293 g/mol. The van der Waals surface area contributed by atoms with E-state index in [1.807, 2.05) is 24.3 Å². The summed E-state index contributed by atoms with van der Waals surface area (Å²) in [7, 11) is 0. The maximum atomic E-state index is 11.4. The summed E-state index contributed by atoms with van der Waals surface area (Å²) in [6.07, 6.45) is 0. The Hall–Kier alpha value is -1.95. The first kappa shape index (κ1) is 11.5. The predicted molar refractivity (Wildman–Crippen MR) is 69.0 cm³/mol. The van der Waals surface area contributed by atoms with Gasteiger partial charge in [-0.15, -0.1) is 0 Å². The third-order valence-electron chi connectivity index (χ3n) is 2.23. The van der Waals surface area contributed by atoms with Gasteiger partial charge in [0.05, 0.1) is 11.3 Å². The number of nitrogens with zero attached hydrogens (tertiary/aromatic N) is 1. The second kappa shape index (κ2) is 4.50. The third kappa shape index (κ3) is 2.42. The van der Waals surface area contributed by atoms with Crippen LogP contribution in [0, 0.1) is 5.41 Å². The van der Waals surface area contributed by atoms with E-state index >= 15 is 0 Å². The van der Waals surface area contributed by atoms with Crippen molar-refractivity contribution in [3.8, 4) is 11.3 Å². The van der Waals surface area contributed by atoms with Gasteiger partial charge in [0.15, 0.2) is 0 Å². The van der Waals surface area contributed by atoms with E-state index in [0.717, 1.165) is 10.0 Å². The van der Waals surface area contributed by atoms with Crippen molar-refractivity contribution in [2.45, 2.75) is 0 Å². The number of nitrogens with two attached hydrogens (primary N) is 1. The molecule has 0 aliphatic carbocycles. The number of hydrogen-bond donors (Lipinski definition) is 3. The number of rotatable bonds is 2. The second-order valence-electron chi connectivity index (χ2n) is 3.42. The SMILES string of the molecule is N=C(N)c1cc(-c2ccc(Br)cc2)n[nH]c1=O. The molecule has 0 saturated heterocycles. The molecule has 6 heteroatoms. The molecule has 0 unspecified atom stereocenters. The fourth-order valence-corrected chi connectivity index (χ4v) is 1.64. The fourth-order valence-electron chi connectivity index (χ4n) is 1.37. The zero-order valence-electron chi connectivity index (χ0n) is 8.70. The summed E-state index contributed by atoms with van der Waals surface area (Å²) in [5.74, 6) is -0.271. The summed E-state index contributed by atoms with van der Waals surface area (Å²) in [6.45, 7) is 0. The van der Waals surface area contributed by atoms with Crippen molar-refractivity contribution in [2.75, 3.05) is 0 Å². The standard InChI is InChI=1S/C11H9BrN4O/c12-7-3-1-6(2-4-7)9-5-8(10(13)14)11(17)16-15-9/h1-5H,(H3,13,14)(H,16,17). The number of H-pyrrole nitrogens is 1. The monoisotopic (exact) mass is 292 g/mol. The van der Waals surface area contributed by atoms with Gasteiger partial charge in [-0.1, -0.05) is 28.1 Å². The first-order valence-corrected chi connectivity index (χ1v) is 5.57. The first-order chi connectivity index (χ1) is 8.08. The summed E-state index contributed by atoms with van der Waals surface area (Å²) in [4.78, 5) is 11.4. The highest BCUT2D eigenvalue weighted by Gasteiger charge is 2.07. The molecule has 1 aromatic carbocycles. The van der Waals surface area contributed by atoms with E-state index in [-0.39, 0.29) is 11.4 Å². The lowest BCUT2D eigenvalue weighted by atomic mass is 10.1. The van der Waals surface area contributed by atoms with E-state index in [1.54, 1.807) is 0 Å². The molecule has 0 fully saturated rings. The molecule has 0 atom stereocenters. The van der Waals surface area contributed by atoms with Gasteiger partial charge in [0, 0.05) is 10.0 Å². The third-order valence-corrected chi connectivity index (χ3v) is 2.76. The molecule has 5 nitrogen and oxygen atoms in total. The molecule has 17 heavy (non-hydrogen) atoms. The number of aromatic amines is 1. The van der Waals surface area contributed by atoms with Gasteiger partial charge in [-0.2, -0.15) is 5.10 Å². The molecule has 1 aromatic heterocycles. The lowest BCUT2D eigenvalue weighted by Gasteiger charge is -2.02. The highest BCUT2D eigenvalue weighted by molar-refractivity contribution is 9.10. The lowest BCUT2D eigenvalue weighted by molar-refractivity contribution is 0.988. The van der Waals surface area contributed by atoms with Crippen molar-refractivity contribution in [3.05, 3.63) is 50.7 Å². The number of nitrogens with one attached hydrogen (secondary N) is 2. The molecular weight excluding hydrogens is 284 g/mol. The second-order valence-corrected chi connectivity index (χ2v) is 4.33. The van der Waals surface area contributed by atoms with Gasteiger partial charge >= 0.3 is 0 Å². The van der Waals surface area contributed by atoms with Crippen LogP contribution < -0.4 is 11.3 Å². The van der Waals surface area contributed by atoms with Gasteiger partial charge in [-0.25, -0.2) is 5.10 Å². The fraction of sp³-hybridized carbons (Fsp3) is 0. The predicted octanol–water partition coefficient (Wildman–Crippen LogP) is 1.48. The zero-order valence-corrected chi connectivity index (χ0v) is 10.3. The number of nitrogen functional groups attached to an aromatic ring is 1. The molecule has 4 N–H and O–H groups in total. The maximum absolute atomic E-state index is 11.4. The highest BCUT2D eigenvalue weighted by Crippen LogP contribution is 2.19. The Morgan fingerprint density at radius 3 is 2.59 bits per heavy atom. The van der Waals surface area contributed by atoms with Crippen molar-refractivity contribution in [3.63, 3.8) is 0 Å². The Morgan fingerprint density at radius 2 is 2.00 bits per heavy atom. The van der Waals surface area contributed by atoms with E-state index in [0.29, 0.717) is 5.69 Å². The van der Waals surface area contributed by atoms with Crippen LogP contribution in [0.2, 0.25) is 0 Å². The lowest BCUT2D eigenvalue weighted by Crippen LogP contribution is -2.24. The van der Waals surface area contributed by atoms with Gasteiger partial charge in [-0.3, -0.25) is 10.2 Å². The van der Waals surface area contributed by atoms with E-state index in [4.69, 9.17) is 11.1 Å². The molecule has 0 aliphatic rings. The average Bonchev–Trinajstić information content (AvgIpc) is 2.30. The van der Waals surface area contributed by atoms with Crippen LogP contribution in [-0.4, -0.2) is 16.0 Å². The van der Waals surface area contributed by atoms with Crippen LogP contribution >= 0.6 is 15.9 Å². The zero-order chi connectivity index (χ0) is 12.4. The summed E-state index contributed by atoms with van der Waals surface area (Å²) in [5, 5.41) is 13.5. The van der Waals surface area contributed by atoms with Crippen molar-refractivity contribution < 1.29 is 0 Å². The molecule has 0 amide bonds. The summed E-state index contributed by atoms with van der Waals surface area (Å²) in [6, 6.07) is 8.96. The molecule has 0 aliphatic heterocycles. The van der Waals surface area contributed by atoms with E-state index in [9.17, 15) is 4.79 Å². The van der Waals surface area contributed by atoms with Crippen molar-refractivity contribution in [1.29, 1.82) is 5.41 Å². The Morgan fingerprint density at radius 1 is 1.35 bits per heavy atom. The Kier molecular flexibility index (Phi) is 3.06. The van der Waals surface area contributed by atoms with Gasteiger partial charge in [0.2, 0.25) is 0 Å². The van der Waals surface area contributed by atoms with Crippen LogP contribution in [0.25, 0.3) is 11.3 Å². The molecule has 0 saturated carbocycles. The largest absolute Gasteiger partial charge is 0.384 e. The Labute approximate surface area is 105 Å². The maximum Gasteiger partial charge on any atom is 0.275 e. The van der Waals surface area contributed by atoms with Crippen molar-refractivity contribution >= 4 is 21.8 Å². The number of benzene rings is 1. The van der Waals surface area contributed by atoms with Crippen LogP contribution in [0.5, 0.6) is 0 Å². The van der Waals surface area contributed by atoms with Gasteiger partial charge < -0.3 is 5.73 Å². The number of hydrogen-bond acceptors (Lipinski definition) is 3. The summed E-state index contributed by atoms with van der Waals surface area (Å²) >= 11 is 3.33. The van der Waals surface area contributed by atoms with E-state index in [2.05, 4.69) is 26.1 Å². The molecule has 2 aromatic rings. The van der Waals surface area contributed by atoms with Crippen LogP contribution in [0.1, 0.15) is 5.56 Å². The van der Waals surface area contributed by atoms with Crippen LogP contribution in [0.15, 0.2) is 39.6 Å². The molecule has 1 heterocycles. The van der Waals surface area contributed by atoms with Crippen LogP contribution in [0.4, 0.5) is 0 Å². The minimum absolute atomic E-state index is 0.123. The summed E-state index contributed by atoms with van der Waals surface area (Å²) in [5.41, 5.74) is 6.39. The topological polar surface area (TPSA) is 95.6 Å². The highest BCUT2D eigenvalue weighted by atomic mass is 79.9. The van der Waals surface area contributed by atoms with Crippen LogP contribution in [-0.2, 0) is 0 Å². The molecule has 86 valence electrons. The van der Waals surface area contributed by atoms with Gasteiger partial charge in [0.25, 0.3) is 5.56 Å².